The predicted molar refractivity (Wildman–Crippen MR) is 362 cm³/mol. The molecule has 480 valence electrons. The number of hydrogen-bond donors (Lipinski definition) is 0. The Morgan fingerprint density at radius 1 is 0.253 bits per heavy atom. The van der Waals surface area contributed by atoms with Crippen LogP contribution < -0.4 is 0 Å². The van der Waals surface area contributed by atoms with Gasteiger partial charge in [-0.2, -0.15) is 0 Å². The molecule has 0 rings (SSSR count). The average Bonchev–Trinajstić information content (AvgIpc) is 3.49. The molecule has 0 aromatic rings. The van der Waals surface area contributed by atoms with Crippen molar-refractivity contribution in [1.29, 1.82) is 0 Å². The van der Waals surface area contributed by atoms with Gasteiger partial charge in [-0.15, -0.1) is 0 Å². The van der Waals surface area contributed by atoms with Crippen molar-refractivity contribution in [3.63, 3.8) is 0 Å². The molecular weight excluding hydrogens is 1020 g/mol. The molecule has 0 spiro atoms. The normalized spacial score (nSPS) is 12.6. The second-order valence-electron chi connectivity index (χ2n) is 24.1. The Hall–Kier alpha value is -3.41. The Bertz CT molecular complexity index is 1570. The molecule has 0 aliphatic rings. The summed E-state index contributed by atoms with van der Waals surface area (Å²) in [5.41, 5.74) is 0. The first-order valence-electron chi connectivity index (χ1n) is 36.1. The highest BCUT2D eigenvalue weighted by Crippen LogP contribution is 2.18. The van der Waals surface area contributed by atoms with Crippen LogP contribution in [0.5, 0.6) is 0 Å². The number of hydrogen-bond acceptors (Lipinski definition) is 6. The highest BCUT2D eigenvalue weighted by atomic mass is 16.6. The lowest BCUT2D eigenvalue weighted by Crippen LogP contribution is -2.30. The van der Waals surface area contributed by atoms with Crippen molar-refractivity contribution in [1.82, 2.24) is 0 Å². The summed E-state index contributed by atoms with van der Waals surface area (Å²) in [6.07, 6.45) is 94.9. The van der Waals surface area contributed by atoms with Gasteiger partial charge in [0.2, 0.25) is 0 Å². The summed E-state index contributed by atoms with van der Waals surface area (Å²) < 4.78 is 17.0. The number of unbranched alkanes of at least 4 members (excludes halogenated alkanes) is 41. The molecule has 1 atom stereocenters. The molecule has 0 aromatic heterocycles. The zero-order chi connectivity index (χ0) is 59.9. The third-order valence-electron chi connectivity index (χ3n) is 15.9. The van der Waals surface area contributed by atoms with Gasteiger partial charge < -0.3 is 14.2 Å². The van der Waals surface area contributed by atoms with Gasteiger partial charge in [0.25, 0.3) is 0 Å². The van der Waals surface area contributed by atoms with Gasteiger partial charge in [0, 0.05) is 19.3 Å². The fraction of sp³-hybridized carbons (Fsp3) is 0.779. The zero-order valence-electron chi connectivity index (χ0n) is 55.2. The monoisotopic (exact) mass is 1160 g/mol. The minimum Gasteiger partial charge on any atom is -0.462 e. The Kier molecular flexibility index (Phi) is 68.2. The summed E-state index contributed by atoms with van der Waals surface area (Å²) >= 11 is 0. The largest absolute Gasteiger partial charge is 0.462 e. The van der Waals surface area contributed by atoms with Gasteiger partial charge in [-0.25, -0.2) is 0 Å². The summed E-state index contributed by atoms with van der Waals surface area (Å²) in [5.74, 6) is -0.902. The molecule has 0 saturated heterocycles. The van der Waals surface area contributed by atoms with E-state index >= 15 is 0 Å². The van der Waals surface area contributed by atoms with E-state index in [1.54, 1.807) is 0 Å². The van der Waals surface area contributed by atoms with Crippen LogP contribution in [0.2, 0.25) is 0 Å². The van der Waals surface area contributed by atoms with Gasteiger partial charge >= 0.3 is 17.9 Å². The van der Waals surface area contributed by atoms with E-state index in [2.05, 4.69) is 106 Å². The minimum absolute atomic E-state index is 0.0847. The third-order valence-corrected chi connectivity index (χ3v) is 15.9. The molecule has 1 unspecified atom stereocenters. The molecule has 0 amide bonds. The number of esters is 3. The molecule has 0 aliphatic carbocycles. The van der Waals surface area contributed by atoms with Crippen LogP contribution in [0.1, 0.15) is 367 Å². The quantitative estimate of drug-likeness (QED) is 0.0261. The number of carbonyl (C=O) groups is 3. The Labute approximate surface area is 515 Å². The highest BCUT2D eigenvalue weighted by molar-refractivity contribution is 5.71. The summed E-state index contributed by atoms with van der Waals surface area (Å²) in [4.78, 5) is 38.4. The van der Waals surface area contributed by atoms with E-state index in [9.17, 15) is 14.4 Å². The van der Waals surface area contributed by atoms with Gasteiger partial charge in [-0.1, -0.05) is 318 Å². The van der Waals surface area contributed by atoms with Gasteiger partial charge in [-0.05, 0) is 116 Å². The molecule has 0 aromatic carbocycles. The number of allylic oxidation sites excluding steroid dienone is 14. The fourth-order valence-corrected chi connectivity index (χ4v) is 10.5. The van der Waals surface area contributed by atoms with Gasteiger partial charge in [0.15, 0.2) is 6.10 Å². The summed E-state index contributed by atoms with van der Waals surface area (Å²) in [7, 11) is 0. The first-order chi connectivity index (χ1) is 41.0. The van der Waals surface area contributed by atoms with Crippen LogP contribution in [-0.2, 0) is 28.6 Å². The molecule has 0 saturated carbocycles. The molecule has 0 radical (unpaired) electrons. The Morgan fingerprint density at radius 3 is 0.747 bits per heavy atom. The maximum Gasteiger partial charge on any atom is 0.306 e. The van der Waals surface area contributed by atoms with Crippen LogP contribution in [0.15, 0.2) is 85.1 Å². The lowest BCUT2D eigenvalue weighted by atomic mass is 10.0. The second kappa shape index (κ2) is 71.1. The number of ether oxygens (including phenoxy) is 3. The SMILES string of the molecule is CC/C=C\C/C=C\C/C=C\CCCCCC(=O)OCC(COC(=O)CCCCCCCCCCCCCCCCCCCCC/C=C\C/C=C\CCCCCCC)OC(=O)CCCCCCCCCCC/C=C\C/C=C\CCCCCCC. The molecule has 0 bridgehead atoms. The number of rotatable bonds is 66. The van der Waals surface area contributed by atoms with E-state index in [0.29, 0.717) is 19.3 Å². The van der Waals surface area contributed by atoms with Crippen molar-refractivity contribution in [3.05, 3.63) is 85.1 Å². The molecular formula is C77H136O6. The zero-order valence-corrected chi connectivity index (χ0v) is 55.2. The maximum atomic E-state index is 12.9. The topological polar surface area (TPSA) is 78.9 Å². The van der Waals surface area contributed by atoms with Crippen LogP contribution >= 0.6 is 0 Å². The van der Waals surface area contributed by atoms with Gasteiger partial charge in [-0.3, -0.25) is 14.4 Å². The van der Waals surface area contributed by atoms with E-state index < -0.39 is 6.10 Å². The Balaban J connectivity index is 4.21. The fourth-order valence-electron chi connectivity index (χ4n) is 10.5. The van der Waals surface area contributed by atoms with E-state index in [1.165, 1.54) is 231 Å². The molecule has 0 aliphatic heterocycles. The van der Waals surface area contributed by atoms with Gasteiger partial charge in [0.05, 0.1) is 0 Å². The van der Waals surface area contributed by atoms with E-state index in [-0.39, 0.29) is 31.1 Å². The van der Waals surface area contributed by atoms with E-state index in [1.807, 2.05) is 0 Å². The van der Waals surface area contributed by atoms with Crippen molar-refractivity contribution in [2.24, 2.45) is 0 Å². The van der Waals surface area contributed by atoms with E-state index in [4.69, 9.17) is 14.2 Å². The Morgan fingerprint density at radius 2 is 0.470 bits per heavy atom. The first-order valence-corrected chi connectivity index (χ1v) is 36.1. The second-order valence-corrected chi connectivity index (χ2v) is 24.1. The molecule has 83 heavy (non-hydrogen) atoms. The predicted octanol–water partition coefficient (Wildman–Crippen LogP) is 25.0. The van der Waals surface area contributed by atoms with Crippen molar-refractivity contribution in [3.8, 4) is 0 Å². The van der Waals surface area contributed by atoms with Crippen LogP contribution in [0, 0.1) is 0 Å². The summed E-state index contributed by atoms with van der Waals surface area (Å²) in [5, 5.41) is 0. The maximum absolute atomic E-state index is 12.9. The molecule has 6 nitrogen and oxygen atoms in total. The summed E-state index contributed by atoms with van der Waals surface area (Å²) in [6.45, 7) is 6.52. The lowest BCUT2D eigenvalue weighted by molar-refractivity contribution is -0.167. The van der Waals surface area contributed by atoms with Gasteiger partial charge in [0.1, 0.15) is 13.2 Å². The minimum atomic E-state index is -0.792. The van der Waals surface area contributed by atoms with Crippen LogP contribution in [0.25, 0.3) is 0 Å². The first kappa shape index (κ1) is 79.6. The van der Waals surface area contributed by atoms with E-state index in [0.717, 1.165) is 96.3 Å². The molecule has 6 heteroatoms. The molecule has 0 heterocycles. The lowest BCUT2D eigenvalue weighted by Gasteiger charge is -2.18. The van der Waals surface area contributed by atoms with Crippen LogP contribution in [0.4, 0.5) is 0 Å². The third kappa shape index (κ3) is 69.3. The van der Waals surface area contributed by atoms with Crippen LogP contribution in [0.3, 0.4) is 0 Å². The average molecular weight is 1160 g/mol. The van der Waals surface area contributed by atoms with Crippen molar-refractivity contribution in [2.45, 2.75) is 374 Å². The molecule has 0 N–H and O–H groups in total. The number of carbonyl (C=O) groups excluding carboxylic acids is 3. The summed E-state index contributed by atoms with van der Waals surface area (Å²) in [6, 6.07) is 0. The van der Waals surface area contributed by atoms with Crippen molar-refractivity contribution >= 4 is 17.9 Å². The molecule has 0 fully saturated rings. The standard InChI is InChI=1S/C77H136O6/c1-4-7-10-13-16-19-22-25-27-29-31-33-34-35-36-37-38-39-40-41-42-44-45-47-49-52-55-58-61-64-67-70-76(79)82-73-74(72-81-75(78)69-66-63-60-57-54-51-24-21-18-15-12-9-6-3)83-77(80)71-68-65-62-59-56-53-50-48-46-43-32-30-28-26-23-20-17-14-11-8-5-2/h9,12,18,21-23,25-26,29-32,51,54,74H,4-8,10-11,13-17,19-20,24,27-28,33-50,52-53,55-73H2,1-3H3/b12-9-,21-18-,25-22-,26-23-,31-29-,32-30-,54-51-. The van der Waals surface area contributed by atoms with Crippen molar-refractivity contribution in [2.75, 3.05) is 13.2 Å². The smallest absolute Gasteiger partial charge is 0.306 e. The highest BCUT2D eigenvalue weighted by Gasteiger charge is 2.19. The van der Waals surface area contributed by atoms with Crippen LogP contribution in [-0.4, -0.2) is 37.2 Å². The van der Waals surface area contributed by atoms with Crippen molar-refractivity contribution < 1.29 is 28.6 Å².